The van der Waals surface area contributed by atoms with Crippen LogP contribution in [0.25, 0.3) is 16.7 Å². The maximum Gasteiger partial charge on any atom is 0.215 e. The van der Waals surface area contributed by atoms with Crippen molar-refractivity contribution in [3.05, 3.63) is 59.5 Å². The minimum Gasteiger partial charge on any atom is -0.481 e. The van der Waals surface area contributed by atoms with Crippen LogP contribution in [0.5, 0.6) is 5.88 Å². The summed E-state index contributed by atoms with van der Waals surface area (Å²) in [7, 11) is 1.62. The van der Waals surface area contributed by atoms with Crippen LogP contribution in [0.2, 0.25) is 0 Å². The summed E-state index contributed by atoms with van der Waals surface area (Å²) in [6, 6.07) is 14.0. The highest BCUT2D eigenvalue weighted by Crippen LogP contribution is 2.27. The number of ether oxygens (including phenoxy) is 1. The number of pyridine rings is 1. The van der Waals surface area contributed by atoms with E-state index in [1.807, 2.05) is 37.3 Å². The molecule has 1 aromatic carbocycles. The van der Waals surface area contributed by atoms with Crippen molar-refractivity contribution >= 4 is 22.5 Å². The Kier molecular flexibility index (Phi) is 4.16. The van der Waals surface area contributed by atoms with Crippen molar-refractivity contribution in [2.75, 3.05) is 12.4 Å². The lowest BCUT2D eigenvalue weighted by molar-refractivity contribution is 0.399. The third kappa shape index (κ3) is 2.73. The molecule has 0 spiro atoms. The highest BCUT2D eigenvalue weighted by molar-refractivity contribution is 5.84. The van der Waals surface area contributed by atoms with Gasteiger partial charge in [-0.1, -0.05) is 37.3 Å². The third-order valence-corrected chi connectivity index (χ3v) is 4.45. The average Bonchev–Trinajstić information content (AvgIpc) is 3.03. The number of fused-ring (bicyclic) bond motifs is 3. The van der Waals surface area contributed by atoms with Crippen molar-refractivity contribution < 1.29 is 4.74 Å². The molecule has 3 heterocycles. The lowest BCUT2D eigenvalue weighted by Gasteiger charge is -2.12. The predicted octanol–water partition coefficient (Wildman–Crippen LogP) is 3.77. The summed E-state index contributed by atoms with van der Waals surface area (Å²) in [6.45, 7) is 4.80. The first-order chi connectivity index (χ1) is 12.7. The molecule has 0 aliphatic carbocycles. The lowest BCUT2D eigenvalue weighted by Crippen LogP contribution is -2.07. The Labute approximate surface area is 151 Å². The van der Waals surface area contributed by atoms with Gasteiger partial charge in [0, 0.05) is 19.0 Å². The van der Waals surface area contributed by atoms with Crippen LogP contribution in [-0.2, 0) is 13.0 Å². The van der Waals surface area contributed by atoms with Gasteiger partial charge in [-0.25, -0.2) is 9.97 Å². The summed E-state index contributed by atoms with van der Waals surface area (Å²) in [5, 5.41) is 3.47. The second-order valence-electron chi connectivity index (χ2n) is 6.15. The van der Waals surface area contributed by atoms with E-state index >= 15 is 0 Å². The first-order valence-corrected chi connectivity index (χ1v) is 8.71. The van der Waals surface area contributed by atoms with E-state index in [4.69, 9.17) is 14.7 Å². The number of rotatable bonds is 5. The molecule has 0 aliphatic heterocycles. The fraction of sp³-hybridized carbons (Fsp3) is 0.250. The molecule has 3 aromatic heterocycles. The van der Waals surface area contributed by atoms with Crippen molar-refractivity contribution in [2.24, 2.45) is 0 Å². The molecule has 0 unspecified atom stereocenters. The molecular formula is C20H21N5O. The van der Waals surface area contributed by atoms with Crippen LogP contribution in [0, 0.1) is 6.92 Å². The van der Waals surface area contributed by atoms with E-state index in [1.54, 1.807) is 7.11 Å². The smallest absolute Gasteiger partial charge is 0.215 e. The lowest BCUT2D eigenvalue weighted by atomic mass is 10.2. The highest BCUT2D eigenvalue weighted by atomic mass is 16.5. The third-order valence-electron chi connectivity index (χ3n) is 4.45. The van der Waals surface area contributed by atoms with Crippen LogP contribution in [0.4, 0.5) is 5.82 Å². The summed E-state index contributed by atoms with van der Waals surface area (Å²) in [6.07, 6.45) is 0.811. The van der Waals surface area contributed by atoms with Gasteiger partial charge in [-0.15, -0.1) is 0 Å². The number of imidazole rings is 1. The van der Waals surface area contributed by atoms with Crippen LogP contribution < -0.4 is 10.1 Å². The Balaban J connectivity index is 1.90. The Morgan fingerprint density at radius 1 is 1.04 bits per heavy atom. The molecule has 26 heavy (non-hydrogen) atoms. The highest BCUT2D eigenvalue weighted by Gasteiger charge is 2.17. The zero-order valence-electron chi connectivity index (χ0n) is 15.2. The first-order valence-electron chi connectivity index (χ1n) is 8.71. The monoisotopic (exact) mass is 347 g/mol. The molecule has 4 aromatic rings. The van der Waals surface area contributed by atoms with Gasteiger partial charge in [-0.2, -0.15) is 4.98 Å². The molecule has 1 N–H and O–H groups in total. The molecule has 4 rings (SSSR count). The molecule has 0 saturated heterocycles. The number of aryl methyl sites for hydroxylation is 2. The van der Waals surface area contributed by atoms with Gasteiger partial charge >= 0.3 is 0 Å². The fourth-order valence-corrected chi connectivity index (χ4v) is 3.20. The zero-order valence-corrected chi connectivity index (χ0v) is 15.2. The van der Waals surface area contributed by atoms with Gasteiger partial charge in [0.05, 0.1) is 12.8 Å². The van der Waals surface area contributed by atoms with Crippen LogP contribution in [0.15, 0.2) is 42.5 Å². The number of aromatic nitrogens is 4. The largest absolute Gasteiger partial charge is 0.481 e. The molecule has 0 bridgehead atoms. The van der Waals surface area contributed by atoms with Crippen molar-refractivity contribution in [3.8, 4) is 5.88 Å². The second-order valence-corrected chi connectivity index (χ2v) is 6.15. The van der Waals surface area contributed by atoms with E-state index < -0.39 is 0 Å². The van der Waals surface area contributed by atoms with Crippen molar-refractivity contribution in [1.29, 1.82) is 0 Å². The Morgan fingerprint density at radius 3 is 2.58 bits per heavy atom. The maximum atomic E-state index is 5.30. The fourth-order valence-electron chi connectivity index (χ4n) is 3.20. The molecule has 6 nitrogen and oxygen atoms in total. The summed E-state index contributed by atoms with van der Waals surface area (Å²) >= 11 is 0. The molecular weight excluding hydrogens is 326 g/mol. The van der Waals surface area contributed by atoms with Crippen molar-refractivity contribution in [1.82, 2.24) is 19.4 Å². The molecule has 6 heteroatoms. The summed E-state index contributed by atoms with van der Waals surface area (Å²) in [5.41, 5.74) is 4.68. The average molecular weight is 347 g/mol. The van der Waals surface area contributed by atoms with Crippen LogP contribution in [-0.4, -0.2) is 26.5 Å². The molecule has 132 valence electrons. The molecule has 0 fully saturated rings. The van der Waals surface area contributed by atoms with Gasteiger partial charge < -0.3 is 10.1 Å². The zero-order chi connectivity index (χ0) is 18.1. The number of anilines is 1. The van der Waals surface area contributed by atoms with E-state index in [-0.39, 0.29) is 0 Å². The number of hydrogen-bond donors (Lipinski definition) is 1. The first kappa shape index (κ1) is 16.3. The summed E-state index contributed by atoms with van der Waals surface area (Å²) < 4.78 is 7.39. The molecule has 0 atom stereocenters. The van der Waals surface area contributed by atoms with Crippen molar-refractivity contribution in [3.63, 3.8) is 0 Å². The SMILES string of the molecule is CCc1nc(C)c2c(NCc3ccccc3)nc3ccc(OC)nc3n12. The van der Waals surface area contributed by atoms with E-state index in [0.717, 1.165) is 40.4 Å². The molecule has 0 saturated carbocycles. The van der Waals surface area contributed by atoms with E-state index in [1.165, 1.54) is 5.56 Å². The summed E-state index contributed by atoms with van der Waals surface area (Å²) in [4.78, 5) is 14.2. The Bertz CT molecular complexity index is 1070. The van der Waals surface area contributed by atoms with E-state index in [2.05, 4.69) is 33.8 Å². The maximum absolute atomic E-state index is 5.30. The number of hydrogen-bond acceptors (Lipinski definition) is 5. The van der Waals surface area contributed by atoms with Crippen LogP contribution in [0.1, 0.15) is 24.0 Å². The number of nitrogens with zero attached hydrogens (tertiary/aromatic N) is 4. The standard InChI is InChI=1S/C20H21N5O/c1-4-16-22-13(2)18-19(21-12-14-8-6-5-7-9-14)23-15-10-11-17(26-3)24-20(15)25(16)18/h5-11H,4,12H2,1-3H3,(H,21,23). The Hall–Kier alpha value is -3.15. The van der Waals surface area contributed by atoms with Gasteiger partial charge in [0.2, 0.25) is 5.88 Å². The minimum absolute atomic E-state index is 0.569. The molecule has 0 radical (unpaired) electrons. The quantitative estimate of drug-likeness (QED) is 0.595. The van der Waals surface area contributed by atoms with Gasteiger partial charge in [0.1, 0.15) is 16.9 Å². The second kappa shape index (κ2) is 6.63. The van der Waals surface area contributed by atoms with E-state index in [0.29, 0.717) is 12.4 Å². The topological polar surface area (TPSA) is 64.3 Å². The van der Waals surface area contributed by atoms with Crippen LogP contribution in [0.3, 0.4) is 0 Å². The molecule has 0 amide bonds. The molecule has 0 aliphatic rings. The Morgan fingerprint density at radius 2 is 1.85 bits per heavy atom. The van der Waals surface area contributed by atoms with Crippen molar-refractivity contribution in [2.45, 2.75) is 26.8 Å². The predicted molar refractivity (Wildman–Crippen MR) is 103 cm³/mol. The van der Waals surface area contributed by atoms with Gasteiger partial charge in [0.15, 0.2) is 11.5 Å². The van der Waals surface area contributed by atoms with Gasteiger partial charge in [-0.3, -0.25) is 4.40 Å². The minimum atomic E-state index is 0.569. The number of nitrogens with one attached hydrogen (secondary N) is 1. The normalized spacial score (nSPS) is 11.2. The van der Waals surface area contributed by atoms with Gasteiger partial charge in [0.25, 0.3) is 0 Å². The van der Waals surface area contributed by atoms with Gasteiger partial charge in [-0.05, 0) is 18.6 Å². The van der Waals surface area contributed by atoms with Crippen LogP contribution >= 0.6 is 0 Å². The summed E-state index contributed by atoms with van der Waals surface area (Å²) in [5.74, 6) is 2.35. The van der Waals surface area contributed by atoms with E-state index in [9.17, 15) is 0 Å². The number of benzene rings is 1. The number of methoxy groups -OCH3 is 1.